The second kappa shape index (κ2) is 5.44. The molecule has 96 valence electrons. The van der Waals surface area contributed by atoms with E-state index in [9.17, 15) is 4.39 Å². The van der Waals surface area contributed by atoms with Crippen molar-refractivity contribution in [3.05, 3.63) is 42.1 Å². The molecule has 0 aliphatic heterocycles. The number of halogens is 1. The summed E-state index contributed by atoms with van der Waals surface area (Å²) in [6, 6.07) is 6.49. The highest BCUT2D eigenvalue weighted by atomic mass is 19.1. The number of anilines is 2. The Morgan fingerprint density at radius 3 is 2.94 bits per heavy atom. The van der Waals surface area contributed by atoms with Crippen LogP contribution in [0.2, 0.25) is 0 Å². The summed E-state index contributed by atoms with van der Waals surface area (Å²) in [5.74, 6) is 0.912. The van der Waals surface area contributed by atoms with Gasteiger partial charge in [0.15, 0.2) is 0 Å². The second-order valence-corrected chi connectivity index (χ2v) is 3.83. The minimum atomic E-state index is -0.396. The van der Waals surface area contributed by atoms with Gasteiger partial charge in [-0.05, 0) is 12.1 Å². The lowest BCUT2D eigenvalue weighted by Crippen LogP contribution is -2.07. The van der Waals surface area contributed by atoms with Crippen molar-refractivity contribution in [1.29, 1.82) is 0 Å². The lowest BCUT2D eigenvalue weighted by Gasteiger charge is -2.10. The lowest BCUT2D eigenvalue weighted by atomic mass is 10.2. The van der Waals surface area contributed by atoms with Crippen LogP contribution in [0.3, 0.4) is 0 Å². The molecule has 18 heavy (non-hydrogen) atoms. The molecule has 0 aliphatic carbocycles. The van der Waals surface area contributed by atoms with Crippen LogP contribution in [0.5, 0.6) is 5.75 Å². The van der Waals surface area contributed by atoms with Crippen molar-refractivity contribution in [2.45, 2.75) is 6.42 Å². The molecule has 1 aromatic carbocycles. The minimum Gasteiger partial charge on any atom is -0.495 e. The summed E-state index contributed by atoms with van der Waals surface area (Å²) < 4.78 is 23.8. The van der Waals surface area contributed by atoms with Gasteiger partial charge in [-0.15, -0.1) is 0 Å². The molecule has 0 amide bonds. The van der Waals surface area contributed by atoms with Crippen LogP contribution < -0.4 is 15.8 Å². The van der Waals surface area contributed by atoms with E-state index in [1.165, 1.54) is 13.2 Å². The average molecular weight is 250 g/mol. The first-order valence-electron chi connectivity index (χ1n) is 5.60. The van der Waals surface area contributed by atoms with Gasteiger partial charge in [0.05, 0.1) is 24.7 Å². The maximum absolute atomic E-state index is 13.6. The molecular formula is C13H15FN2O2. The van der Waals surface area contributed by atoms with Crippen LogP contribution in [0.1, 0.15) is 5.76 Å². The van der Waals surface area contributed by atoms with Crippen LogP contribution in [0.4, 0.5) is 15.8 Å². The van der Waals surface area contributed by atoms with E-state index in [0.29, 0.717) is 24.4 Å². The average Bonchev–Trinajstić information content (AvgIpc) is 2.85. The monoisotopic (exact) mass is 250 g/mol. The molecule has 0 saturated carbocycles. The Bertz CT molecular complexity index is 512. The first-order valence-corrected chi connectivity index (χ1v) is 5.60. The first-order chi connectivity index (χ1) is 8.70. The number of ether oxygens (including phenoxy) is 1. The third kappa shape index (κ3) is 2.74. The number of hydrogen-bond donors (Lipinski definition) is 2. The quantitative estimate of drug-likeness (QED) is 0.801. The predicted molar refractivity (Wildman–Crippen MR) is 68.3 cm³/mol. The number of nitrogens with one attached hydrogen (secondary N) is 1. The van der Waals surface area contributed by atoms with Crippen molar-refractivity contribution >= 4 is 11.4 Å². The van der Waals surface area contributed by atoms with Gasteiger partial charge in [0.25, 0.3) is 0 Å². The number of nitrogen functional groups attached to an aromatic ring is 1. The second-order valence-electron chi connectivity index (χ2n) is 3.83. The van der Waals surface area contributed by atoms with Gasteiger partial charge in [-0.25, -0.2) is 4.39 Å². The molecule has 0 atom stereocenters. The maximum atomic E-state index is 13.6. The summed E-state index contributed by atoms with van der Waals surface area (Å²) in [7, 11) is 1.50. The molecule has 0 saturated heterocycles. The van der Waals surface area contributed by atoms with E-state index >= 15 is 0 Å². The number of benzene rings is 1. The van der Waals surface area contributed by atoms with Gasteiger partial charge in [-0.2, -0.15) is 0 Å². The van der Waals surface area contributed by atoms with Crippen molar-refractivity contribution < 1.29 is 13.5 Å². The van der Waals surface area contributed by atoms with E-state index in [4.69, 9.17) is 14.9 Å². The standard InChI is InChI=1S/C13H15FN2O2/c1-17-13-8-12(10(14)7-11(13)15)16-5-4-9-3-2-6-18-9/h2-3,6-8,16H,4-5,15H2,1H3. The number of furan rings is 1. The highest BCUT2D eigenvalue weighted by molar-refractivity contribution is 5.62. The molecule has 1 heterocycles. The molecule has 2 aromatic rings. The summed E-state index contributed by atoms with van der Waals surface area (Å²) in [5, 5.41) is 2.98. The molecule has 0 bridgehead atoms. The van der Waals surface area contributed by atoms with E-state index in [-0.39, 0.29) is 5.69 Å². The Morgan fingerprint density at radius 2 is 2.28 bits per heavy atom. The molecule has 3 N–H and O–H groups in total. The van der Waals surface area contributed by atoms with Crippen molar-refractivity contribution in [2.24, 2.45) is 0 Å². The highest BCUT2D eigenvalue weighted by Gasteiger charge is 2.08. The Labute approximate surface area is 105 Å². The van der Waals surface area contributed by atoms with Gasteiger partial charge in [-0.3, -0.25) is 0 Å². The molecule has 0 spiro atoms. The largest absolute Gasteiger partial charge is 0.495 e. The topological polar surface area (TPSA) is 60.4 Å². The van der Waals surface area contributed by atoms with Crippen molar-refractivity contribution in [1.82, 2.24) is 0 Å². The minimum absolute atomic E-state index is 0.284. The lowest BCUT2D eigenvalue weighted by molar-refractivity contribution is 0.416. The van der Waals surface area contributed by atoms with E-state index in [1.807, 2.05) is 12.1 Å². The number of hydrogen-bond acceptors (Lipinski definition) is 4. The van der Waals surface area contributed by atoms with Crippen LogP contribution >= 0.6 is 0 Å². The van der Waals surface area contributed by atoms with Crippen LogP contribution in [-0.2, 0) is 6.42 Å². The predicted octanol–water partition coefficient (Wildman–Crippen LogP) is 2.66. The maximum Gasteiger partial charge on any atom is 0.148 e. The molecule has 1 aromatic heterocycles. The van der Waals surface area contributed by atoms with E-state index in [0.717, 1.165) is 5.76 Å². The van der Waals surface area contributed by atoms with Crippen LogP contribution in [0, 0.1) is 5.82 Å². The van der Waals surface area contributed by atoms with Gasteiger partial charge in [-0.1, -0.05) is 0 Å². The Kier molecular flexibility index (Phi) is 3.72. The zero-order valence-electron chi connectivity index (χ0n) is 10.1. The molecule has 0 aliphatic rings. The summed E-state index contributed by atoms with van der Waals surface area (Å²) in [6.45, 7) is 0.567. The Balaban J connectivity index is 2.00. The number of methoxy groups -OCH3 is 1. The Morgan fingerprint density at radius 1 is 1.44 bits per heavy atom. The van der Waals surface area contributed by atoms with Gasteiger partial charge in [0.2, 0.25) is 0 Å². The third-order valence-electron chi connectivity index (χ3n) is 2.59. The summed E-state index contributed by atoms with van der Waals surface area (Å²) >= 11 is 0. The van der Waals surface area contributed by atoms with Crippen molar-refractivity contribution in [3.8, 4) is 5.75 Å². The van der Waals surface area contributed by atoms with Gasteiger partial charge < -0.3 is 20.2 Å². The fourth-order valence-corrected chi connectivity index (χ4v) is 1.66. The zero-order chi connectivity index (χ0) is 13.0. The third-order valence-corrected chi connectivity index (χ3v) is 2.59. The van der Waals surface area contributed by atoms with Crippen LogP contribution in [-0.4, -0.2) is 13.7 Å². The SMILES string of the molecule is COc1cc(NCCc2ccco2)c(F)cc1N. The fraction of sp³-hybridized carbons (Fsp3) is 0.231. The van der Waals surface area contributed by atoms with Crippen LogP contribution in [0.15, 0.2) is 34.9 Å². The number of nitrogens with two attached hydrogens (primary N) is 1. The van der Waals surface area contributed by atoms with E-state index < -0.39 is 5.82 Å². The fourth-order valence-electron chi connectivity index (χ4n) is 1.66. The molecule has 2 rings (SSSR count). The first kappa shape index (κ1) is 12.3. The van der Waals surface area contributed by atoms with E-state index in [2.05, 4.69) is 5.32 Å². The molecule has 4 nitrogen and oxygen atoms in total. The molecule has 5 heteroatoms. The molecule has 0 radical (unpaired) electrons. The van der Waals surface area contributed by atoms with E-state index in [1.54, 1.807) is 12.3 Å². The van der Waals surface area contributed by atoms with Crippen molar-refractivity contribution in [3.63, 3.8) is 0 Å². The smallest absolute Gasteiger partial charge is 0.148 e. The molecular weight excluding hydrogens is 235 g/mol. The van der Waals surface area contributed by atoms with Gasteiger partial charge >= 0.3 is 0 Å². The Hall–Kier alpha value is -2.17. The van der Waals surface area contributed by atoms with Gasteiger partial charge in [0, 0.05) is 25.1 Å². The van der Waals surface area contributed by atoms with Crippen LogP contribution in [0.25, 0.3) is 0 Å². The highest BCUT2D eigenvalue weighted by Crippen LogP contribution is 2.28. The summed E-state index contributed by atoms with van der Waals surface area (Å²) in [5.41, 5.74) is 6.25. The zero-order valence-corrected chi connectivity index (χ0v) is 10.1. The van der Waals surface area contributed by atoms with Crippen molar-refractivity contribution in [2.75, 3.05) is 24.7 Å². The normalized spacial score (nSPS) is 10.3. The summed E-state index contributed by atoms with van der Waals surface area (Å²) in [4.78, 5) is 0. The van der Waals surface area contributed by atoms with Gasteiger partial charge in [0.1, 0.15) is 17.3 Å². The number of rotatable bonds is 5. The molecule has 0 fully saturated rings. The summed E-state index contributed by atoms with van der Waals surface area (Å²) in [6.07, 6.45) is 2.29. The molecule has 0 unspecified atom stereocenters.